The van der Waals surface area contributed by atoms with Crippen molar-refractivity contribution in [3.05, 3.63) is 65.0 Å². The molecule has 20 heavy (non-hydrogen) atoms. The van der Waals surface area contributed by atoms with Gasteiger partial charge in [0.25, 0.3) is 0 Å². The van der Waals surface area contributed by atoms with Gasteiger partial charge in [0.05, 0.1) is 0 Å². The summed E-state index contributed by atoms with van der Waals surface area (Å²) in [5.74, 6) is 0.606. The summed E-state index contributed by atoms with van der Waals surface area (Å²) in [6.07, 6.45) is 3.88. The molecular formula is C17H16N2O. The summed E-state index contributed by atoms with van der Waals surface area (Å²) < 4.78 is 5.70. The molecule has 0 spiro atoms. The minimum absolute atomic E-state index is 0.505. The lowest BCUT2D eigenvalue weighted by atomic mass is 10.1. The van der Waals surface area contributed by atoms with E-state index in [0.29, 0.717) is 12.4 Å². The van der Waals surface area contributed by atoms with Crippen LogP contribution >= 0.6 is 0 Å². The summed E-state index contributed by atoms with van der Waals surface area (Å²) in [5, 5.41) is 0. The summed E-state index contributed by atoms with van der Waals surface area (Å²) in [6.45, 7) is 2.58. The van der Waals surface area contributed by atoms with E-state index < -0.39 is 0 Å². The quantitative estimate of drug-likeness (QED) is 0.783. The Morgan fingerprint density at radius 1 is 1.10 bits per heavy atom. The zero-order valence-corrected chi connectivity index (χ0v) is 11.3. The predicted molar refractivity (Wildman–Crippen MR) is 82.0 cm³/mol. The van der Waals surface area contributed by atoms with E-state index in [1.807, 2.05) is 30.4 Å². The fraction of sp³-hybridized carbons (Fsp3) is 0.118. The molecule has 3 heteroatoms. The van der Waals surface area contributed by atoms with Crippen LogP contribution in [0.4, 0.5) is 0 Å². The van der Waals surface area contributed by atoms with Crippen molar-refractivity contribution in [3.8, 4) is 0 Å². The molecule has 0 unspecified atom stereocenters. The second-order valence-electron chi connectivity index (χ2n) is 4.80. The van der Waals surface area contributed by atoms with Crippen molar-refractivity contribution in [1.82, 2.24) is 4.98 Å². The third-order valence-electron chi connectivity index (χ3n) is 3.20. The van der Waals surface area contributed by atoms with Crippen molar-refractivity contribution in [2.75, 3.05) is 0 Å². The molecule has 3 rings (SSSR count). The number of hydrogen-bond acceptors (Lipinski definition) is 3. The van der Waals surface area contributed by atoms with E-state index in [1.165, 1.54) is 5.56 Å². The number of oxazole rings is 1. The molecule has 0 saturated carbocycles. The SMILES string of the molecule is Cc1ccc(/C=C/c2nc3ccc(CN)cc3o2)cc1. The molecule has 0 bridgehead atoms. The Morgan fingerprint density at radius 2 is 1.90 bits per heavy atom. The predicted octanol–water partition coefficient (Wildman–Crippen LogP) is 3.77. The van der Waals surface area contributed by atoms with Gasteiger partial charge in [0.1, 0.15) is 5.52 Å². The molecule has 0 fully saturated rings. The third-order valence-corrected chi connectivity index (χ3v) is 3.20. The third kappa shape index (κ3) is 2.63. The highest BCUT2D eigenvalue weighted by molar-refractivity contribution is 5.76. The lowest BCUT2D eigenvalue weighted by molar-refractivity contribution is 0.589. The normalized spacial score (nSPS) is 11.5. The van der Waals surface area contributed by atoms with E-state index in [4.69, 9.17) is 10.2 Å². The standard InChI is InChI=1S/C17H16N2O/c1-12-2-4-13(5-3-12)7-9-17-19-15-8-6-14(11-18)10-16(15)20-17/h2-10H,11,18H2,1H3/b9-7+. The van der Waals surface area contributed by atoms with Crippen LogP contribution < -0.4 is 5.73 Å². The molecule has 0 saturated heterocycles. The molecule has 3 nitrogen and oxygen atoms in total. The van der Waals surface area contributed by atoms with E-state index in [1.54, 1.807) is 0 Å². The highest BCUT2D eigenvalue weighted by Gasteiger charge is 2.03. The average Bonchev–Trinajstić information content (AvgIpc) is 2.88. The number of nitrogens with zero attached hydrogens (tertiary/aromatic N) is 1. The molecule has 0 aliphatic heterocycles. The Kier molecular flexibility index (Phi) is 3.35. The number of aromatic nitrogens is 1. The van der Waals surface area contributed by atoms with E-state index >= 15 is 0 Å². The molecule has 0 radical (unpaired) electrons. The van der Waals surface area contributed by atoms with Crippen LogP contribution in [0.5, 0.6) is 0 Å². The minimum Gasteiger partial charge on any atom is -0.437 e. The molecular weight excluding hydrogens is 248 g/mol. The zero-order chi connectivity index (χ0) is 13.9. The fourth-order valence-electron chi connectivity index (χ4n) is 2.03. The highest BCUT2D eigenvalue weighted by Crippen LogP contribution is 2.18. The lowest BCUT2D eigenvalue weighted by Crippen LogP contribution is -1.94. The molecule has 2 aromatic carbocycles. The van der Waals surface area contributed by atoms with E-state index in [0.717, 1.165) is 22.2 Å². The lowest BCUT2D eigenvalue weighted by Gasteiger charge is -1.93. The zero-order valence-electron chi connectivity index (χ0n) is 11.3. The van der Waals surface area contributed by atoms with Gasteiger partial charge in [0.15, 0.2) is 5.58 Å². The van der Waals surface area contributed by atoms with Crippen LogP contribution in [0, 0.1) is 6.92 Å². The summed E-state index contributed by atoms with van der Waals surface area (Å²) >= 11 is 0. The van der Waals surface area contributed by atoms with E-state index in [-0.39, 0.29) is 0 Å². The molecule has 2 N–H and O–H groups in total. The van der Waals surface area contributed by atoms with Crippen LogP contribution in [-0.2, 0) is 6.54 Å². The molecule has 0 amide bonds. The van der Waals surface area contributed by atoms with Gasteiger partial charge < -0.3 is 10.2 Å². The van der Waals surface area contributed by atoms with Crippen LogP contribution in [0.2, 0.25) is 0 Å². The van der Waals surface area contributed by atoms with Crippen molar-refractivity contribution in [3.63, 3.8) is 0 Å². The minimum atomic E-state index is 0.505. The highest BCUT2D eigenvalue weighted by atomic mass is 16.3. The molecule has 0 aliphatic rings. The Morgan fingerprint density at radius 3 is 2.65 bits per heavy atom. The van der Waals surface area contributed by atoms with Crippen LogP contribution in [0.25, 0.3) is 23.3 Å². The molecule has 1 heterocycles. The number of rotatable bonds is 3. The fourth-order valence-corrected chi connectivity index (χ4v) is 2.03. The van der Waals surface area contributed by atoms with Crippen LogP contribution in [0.3, 0.4) is 0 Å². The Hall–Kier alpha value is -2.39. The van der Waals surface area contributed by atoms with Gasteiger partial charge in [-0.3, -0.25) is 0 Å². The maximum absolute atomic E-state index is 5.70. The van der Waals surface area contributed by atoms with E-state index in [2.05, 4.69) is 36.2 Å². The van der Waals surface area contributed by atoms with Gasteiger partial charge in [-0.25, -0.2) is 4.98 Å². The molecule has 1 aromatic heterocycles. The van der Waals surface area contributed by atoms with Crippen molar-refractivity contribution < 1.29 is 4.42 Å². The first-order chi connectivity index (χ1) is 9.74. The topological polar surface area (TPSA) is 52.0 Å². The molecule has 0 atom stereocenters. The van der Waals surface area contributed by atoms with Crippen LogP contribution in [0.15, 0.2) is 46.9 Å². The van der Waals surface area contributed by atoms with Gasteiger partial charge in [0.2, 0.25) is 5.89 Å². The Labute approximate surface area is 117 Å². The monoisotopic (exact) mass is 264 g/mol. The van der Waals surface area contributed by atoms with Crippen molar-refractivity contribution in [2.24, 2.45) is 5.73 Å². The van der Waals surface area contributed by atoms with Gasteiger partial charge in [0, 0.05) is 12.6 Å². The summed E-state index contributed by atoms with van der Waals surface area (Å²) in [7, 11) is 0. The smallest absolute Gasteiger partial charge is 0.220 e. The number of benzene rings is 2. The van der Waals surface area contributed by atoms with Gasteiger partial charge >= 0.3 is 0 Å². The van der Waals surface area contributed by atoms with Crippen LogP contribution in [-0.4, -0.2) is 4.98 Å². The summed E-state index contributed by atoms with van der Waals surface area (Å²) in [5.41, 5.74) is 10.7. The largest absolute Gasteiger partial charge is 0.437 e. The Balaban J connectivity index is 1.88. The number of aryl methyl sites for hydroxylation is 1. The Bertz CT molecular complexity index is 754. The first-order valence-corrected chi connectivity index (χ1v) is 6.59. The summed E-state index contributed by atoms with van der Waals surface area (Å²) in [4.78, 5) is 4.43. The number of nitrogens with two attached hydrogens (primary N) is 1. The number of fused-ring (bicyclic) bond motifs is 1. The van der Waals surface area contributed by atoms with E-state index in [9.17, 15) is 0 Å². The van der Waals surface area contributed by atoms with Gasteiger partial charge in [-0.05, 0) is 36.3 Å². The van der Waals surface area contributed by atoms with Crippen molar-refractivity contribution in [1.29, 1.82) is 0 Å². The maximum atomic E-state index is 5.70. The number of hydrogen-bond donors (Lipinski definition) is 1. The van der Waals surface area contributed by atoms with Crippen molar-refractivity contribution in [2.45, 2.75) is 13.5 Å². The average molecular weight is 264 g/mol. The summed E-state index contributed by atoms with van der Waals surface area (Å²) in [6, 6.07) is 14.1. The first kappa shape index (κ1) is 12.6. The molecule has 100 valence electrons. The molecule has 0 aliphatic carbocycles. The van der Waals surface area contributed by atoms with Gasteiger partial charge in [-0.1, -0.05) is 35.9 Å². The van der Waals surface area contributed by atoms with Crippen molar-refractivity contribution >= 4 is 23.3 Å². The van der Waals surface area contributed by atoms with Crippen LogP contribution in [0.1, 0.15) is 22.6 Å². The first-order valence-electron chi connectivity index (χ1n) is 6.59. The second-order valence-corrected chi connectivity index (χ2v) is 4.80. The van der Waals surface area contributed by atoms with Gasteiger partial charge in [-0.2, -0.15) is 0 Å². The molecule has 3 aromatic rings. The second kappa shape index (κ2) is 5.31. The van der Waals surface area contributed by atoms with Gasteiger partial charge in [-0.15, -0.1) is 0 Å². The maximum Gasteiger partial charge on any atom is 0.220 e.